The second-order valence-electron chi connectivity index (χ2n) is 7.60. The molecule has 0 N–H and O–H groups in total. The summed E-state index contributed by atoms with van der Waals surface area (Å²) in [6.07, 6.45) is 0.863. The van der Waals surface area contributed by atoms with Crippen molar-refractivity contribution in [3.05, 3.63) is 68.7 Å². The zero-order chi connectivity index (χ0) is 21.0. The van der Waals surface area contributed by atoms with E-state index in [-0.39, 0.29) is 17.9 Å². The Morgan fingerprint density at radius 3 is 2.66 bits per heavy atom. The SMILES string of the molecule is CC(C)CC(=O)N(Cc1cccc(Cl)c1)C[C@H]1CC(c2ccc(Cl)c(Cl)c2)=NO1. The molecule has 1 aliphatic heterocycles. The van der Waals surface area contributed by atoms with Crippen LogP contribution in [-0.2, 0) is 16.2 Å². The summed E-state index contributed by atoms with van der Waals surface area (Å²) in [6, 6.07) is 12.9. The van der Waals surface area contributed by atoms with Gasteiger partial charge in [0.25, 0.3) is 0 Å². The number of oxime groups is 1. The molecule has 1 atom stereocenters. The van der Waals surface area contributed by atoms with Crippen LogP contribution in [-0.4, -0.2) is 29.2 Å². The van der Waals surface area contributed by atoms with Crippen LogP contribution in [0.5, 0.6) is 0 Å². The number of nitrogens with zero attached hydrogens (tertiary/aromatic N) is 2. The third-order valence-corrected chi connectivity index (χ3v) is 5.58. The third kappa shape index (κ3) is 6.11. The first kappa shape index (κ1) is 21.9. The van der Waals surface area contributed by atoms with Crippen molar-refractivity contribution in [3.63, 3.8) is 0 Å². The van der Waals surface area contributed by atoms with Crippen molar-refractivity contribution in [2.24, 2.45) is 11.1 Å². The fraction of sp³-hybridized carbons (Fsp3) is 0.364. The van der Waals surface area contributed by atoms with Crippen molar-refractivity contribution < 1.29 is 9.63 Å². The molecule has 4 nitrogen and oxygen atoms in total. The van der Waals surface area contributed by atoms with Gasteiger partial charge in [0.2, 0.25) is 5.91 Å². The monoisotopic (exact) mass is 452 g/mol. The molecule has 1 heterocycles. The lowest BCUT2D eigenvalue weighted by Gasteiger charge is -2.26. The summed E-state index contributed by atoms with van der Waals surface area (Å²) in [5, 5.41) is 5.84. The maximum absolute atomic E-state index is 12.8. The van der Waals surface area contributed by atoms with Crippen LogP contribution in [0, 0.1) is 5.92 Å². The zero-order valence-electron chi connectivity index (χ0n) is 16.4. The van der Waals surface area contributed by atoms with E-state index in [1.807, 2.05) is 49.1 Å². The maximum Gasteiger partial charge on any atom is 0.223 e. The minimum atomic E-state index is -0.213. The van der Waals surface area contributed by atoms with E-state index in [0.717, 1.165) is 16.8 Å². The van der Waals surface area contributed by atoms with E-state index < -0.39 is 0 Å². The summed E-state index contributed by atoms with van der Waals surface area (Å²) >= 11 is 18.2. The first-order chi connectivity index (χ1) is 13.8. The predicted octanol–water partition coefficient (Wildman–Crippen LogP) is 6.21. The molecule has 0 saturated heterocycles. The molecule has 0 saturated carbocycles. The molecule has 2 aromatic rings. The third-order valence-electron chi connectivity index (χ3n) is 4.61. The van der Waals surface area contributed by atoms with Gasteiger partial charge in [-0.15, -0.1) is 0 Å². The summed E-state index contributed by atoms with van der Waals surface area (Å²) < 4.78 is 0. The van der Waals surface area contributed by atoms with Crippen LogP contribution in [0.3, 0.4) is 0 Å². The molecule has 0 aromatic heterocycles. The quantitative estimate of drug-likeness (QED) is 0.500. The molecule has 154 valence electrons. The number of halogens is 3. The zero-order valence-corrected chi connectivity index (χ0v) is 18.6. The molecule has 2 aromatic carbocycles. The van der Waals surface area contributed by atoms with E-state index in [1.54, 1.807) is 12.1 Å². The Morgan fingerprint density at radius 1 is 1.17 bits per heavy atom. The van der Waals surface area contributed by atoms with Crippen molar-refractivity contribution >= 4 is 46.4 Å². The average molecular weight is 454 g/mol. The van der Waals surface area contributed by atoms with Crippen LogP contribution < -0.4 is 0 Å². The van der Waals surface area contributed by atoms with Crippen molar-refractivity contribution in [2.45, 2.75) is 39.3 Å². The van der Waals surface area contributed by atoms with Crippen molar-refractivity contribution in [3.8, 4) is 0 Å². The number of amides is 1. The molecular formula is C22H23Cl3N2O2. The lowest BCUT2D eigenvalue weighted by atomic mass is 10.0. The number of benzene rings is 2. The molecule has 0 aliphatic carbocycles. The summed E-state index contributed by atoms with van der Waals surface area (Å²) in [7, 11) is 0. The highest BCUT2D eigenvalue weighted by molar-refractivity contribution is 6.42. The highest BCUT2D eigenvalue weighted by Gasteiger charge is 2.27. The molecule has 1 amide bonds. The Bertz CT molecular complexity index is 915. The van der Waals surface area contributed by atoms with Gasteiger partial charge in [0.1, 0.15) is 0 Å². The minimum Gasteiger partial charge on any atom is -0.390 e. The van der Waals surface area contributed by atoms with E-state index >= 15 is 0 Å². The van der Waals surface area contributed by atoms with Crippen molar-refractivity contribution in [1.82, 2.24) is 4.90 Å². The second-order valence-corrected chi connectivity index (χ2v) is 8.85. The van der Waals surface area contributed by atoms with Gasteiger partial charge in [0.05, 0.1) is 22.3 Å². The van der Waals surface area contributed by atoms with Crippen LogP contribution >= 0.6 is 34.8 Å². The number of carbonyl (C=O) groups excluding carboxylic acids is 1. The molecular weight excluding hydrogens is 431 g/mol. The predicted molar refractivity (Wildman–Crippen MR) is 119 cm³/mol. The maximum atomic E-state index is 12.8. The summed E-state index contributed by atoms with van der Waals surface area (Å²) in [6.45, 7) is 5.00. The van der Waals surface area contributed by atoms with Gasteiger partial charge < -0.3 is 9.74 Å². The van der Waals surface area contributed by atoms with E-state index in [4.69, 9.17) is 39.6 Å². The first-order valence-corrected chi connectivity index (χ1v) is 10.7. The fourth-order valence-electron chi connectivity index (χ4n) is 3.21. The van der Waals surface area contributed by atoms with Crippen LogP contribution in [0.1, 0.15) is 37.8 Å². The number of carbonyl (C=O) groups is 1. The summed E-state index contributed by atoms with van der Waals surface area (Å²) in [5.74, 6) is 0.364. The Morgan fingerprint density at radius 2 is 1.97 bits per heavy atom. The molecule has 29 heavy (non-hydrogen) atoms. The van der Waals surface area contributed by atoms with Gasteiger partial charge >= 0.3 is 0 Å². The largest absolute Gasteiger partial charge is 0.390 e. The molecule has 0 bridgehead atoms. The van der Waals surface area contributed by atoms with Gasteiger partial charge in [-0.25, -0.2) is 0 Å². The second kappa shape index (κ2) is 9.84. The van der Waals surface area contributed by atoms with E-state index in [1.165, 1.54) is 0 Å². The van der Waals surface area contributed by atoms with Crippen molar-refractivity contribution in [1.29, 1.82) is 0 Å². The van der Waals surface area contributed by atoms with Crippen molar-refractivity contribution in [2.75, 3.05) is 6.54 Å². The summed E-state index contributed by atoms with van der Waals surface area (Å²) in [5.41, 5.74) is 2.66. The number of hydrogen-bond donors (Lipinski definition) is 0. The number of hydrogen-bond acceptors (Lipinski definition) is 3. The van der Waals surface area contributed by atoms with Gasteiger partial charge in [-0.2, -0.15) is 0 Å². The number of rotatable bonds is 7. The molecule has 0 spiro atoms. The molecule has 3 rings (SSSR count). The van der Waals surface area contributed by atoms with Crippen LogP contribution in [0.15, 0.2) is 47.6 Å². The van der Waals surface area contributed by atoms with Gasteiger partial charge in [0.15, 0.2) is 6.10 Å². The van der Waals surface area contributed by atoms with E-state index in [2.05, 4.69) is 5.16 Å². The smallest absolute Gasteiger partial charge is 0.223 e. The Balaban J connectivity index is 1.69. The highest BCUT2D eigenvalue weighted by atomic mass is 35.5. The molecule has 0 unspecified atom stereocenters. The Hall–Kier alpha value is -1.75. The molecule has 0 fully saturated rings. The lowest BCUT2D eigenvalue weighted by Crippen LogP contribution is -2.37. The topological polar surface area (TPSA) is 41.9 Å². The van der Waals surface area contributed by atoms with Gasteiger partial charge in [-0.3, -0.25) is 4.79 Å². The molecule has 1 aliphatic rings. The molecule has 0 radical (unpaired) electrons. The highest BCUT2D eigenvalue weighted by Crippen LogP contribution is 2.26. The van der Waals surface area contributed by atoms with Crippen LogP contribution in [0.2, 0.25) is 15.1 Å². The normalized spacial score (nSPS) is 15.9. The van der Waals surface area contributed by atoms with Gasteiger partial charge in [-0.1, -0.05) is 72.0 Å². The lowest BCUT2D eigenvalue weighted by molar-refractivity contribution is -0.134. The van der Waals surface area contributed by atoms with Crippen LogP contribution in [0.25, 0.3) is 0 Å². The Labute approximate surface area is 186 Å². The summed E-state index contributed by atoms with van der Waals surface area (Å²) in [4.78, 5) is 20.3. The van der Waals surface area contributed by atoms with E-state index in [0.29, 0.717) is 41.0 Å². The standard InChI is InChI=1S/C22H23Cl3N2O2/c1-14(2)8-22(28)27(12-15-4-3-5-17(23)9-15)13-18-11-21(26-29-18)16-6-7-19(24)20(25)10-16/h3-7,9-10,14,18H,8,11-13H2,1-2H3/t18-/m1/s1. The van der Waals surface area contributed by atoms with E-state index in [9.17, 15) is 4.79 Å². The van der Waals surface area contributed by atoms with Gasteiger partial charge in [-0.05, 0) is 35.7 Å². The minimum absolute atomic E-state index is 0.0894. The fourth-order valence-corrected chi connectivity index (χ4v) is 3.72. The van der Waals surface area contributed by atoms with Gasteiger partial charge in [0, 0.05) is 30.0 Å². The Kier molecular flexibility index (Phi) is 7.44. The first-order valence-electron chi connectivity index (χ1n) is 9.52. The van der Waals surface area contributed by atoms with Crippen LogP contribution in [0.4, 0.5) is 0 Å². The molecule has 7 heteroatoms. The average Bonchev–Trinajstić information content (AvgIpc) is 3.11.